The van der Waals surface area contributed by atoms with E-state index in [1.807, 2.05) is 12.1 Å². The minimum Gasteiger partial charge on any atom is -0.461 e. The van der Waals surface area contributed by atoms with Crippen molar-refractivity contribution < 1.29 is 4.42 Å². The molecule has 0 amide bonds. The monoisotopic (exact) mass is 258 g/mol. The van der Waals surface area contributed by atoms with Crippen LogP contribution in [0.3, 0.4) is 0 Å². The van der Waals surface area contributed by atoms with Crippen molar-refractivity contribution in [2.45, 2.75) is 52.4 Å². The molecule has 2 aromatic rings. The minimum atomic E-state index is 0.0432. The van der Waals surface area contributed by atoms with Gasteiger partial charge in [0, 0.05) is 12.5 Å². The number of benzene rings is 1. The SMILES string of the molecule is CCCCc1cc(=O)c2cc(C(C)(C)C)ccc2o1. The summed E-state index contributed by atoms with van der Waals surface area (Å²) in [6.07, 6.45) is 2.99. The summed E-state index contributed by atoms with van der Waals surface area (Å²) in [4.78, 5) is 12.2. The Hall–Kier alpha value is -1.57. The third-order valence-electron chi connectivity index (χ3n) is 3.42. The molecule has 0 aliphatic heterocycles. The average molecular weight is 258 g/mol. The molecule has 0 fully saturated rings. The van der Waals surface area contributed by atoms with E-state index >= 15 is 0 Å². The van der Waals surface area contributed by atoms with E-state index in [2.05, 4.69) is 33.8 Å². The fraction of sp³-hybridized carbons (Fsp3) is 0.471. The number of unbranched alkanes of at least 4 members (excludes halogenated alkanes) is 1. The predicted molar refractivity (Wildman–Crippen MR) is 79.8 cm³/mol. The molecule has 0 radical (unpaired) electrons. The van der Waals surface area contributed by atoms with Crippen LogP contribution >= 0.6 is 0 Å². The Morgan fingerprint density at radius 2 is 1.89 bits per heavy atom. The molecule has 0 saturated carbocycles. The van der Waals surface area contributed by atoms with E-state index in [0.717, 1.165) is 30.6 Å². The summed E-state index contributed by atoms with van der Waals surface area (Å²) < 4.78 is 5.81. The second-order valence-electron chi connectivity index (χ2n) is 6.14. The quantitative estimate of drug-likeness (QED) is 0.815. The highest BCUT2D eigenvalue weighted by Gasteiger charge is 2.15. The normalized spacial score (nSPS) is 12.0. The number of fused-ring (bicyclic) bond motifs is 1. The maximum absolute atomic E-state index is 12.2. The highest BCUT2D eigenvalue weighted by atomic mass is 16.3. The molecule has 0 atom stereocenters. The zero-order valence-electron chi connectivity index (χ0n) is 12.2. The van der Waals surface area contributed by atoms with Gasteiger partial charge in [0.05, 0.1) is 5.39 Å². The number of rotatable bonds is 3. The molecule has 1 heterocycles. The first-order valence-corrected chi connectivity index (χ1v) is 6.99. The molecule has 0 unspecified atom stereocenters. The molecular weight excluding hydrogens is 236 g/mol. The van der Waals surface area contributed by atoms with Crippen LogP contribution in [-0.2, 0) is 11.8 Å². The van der Waals surface area contributed by atoms with Crippen LogP contribution < -0.4 is 5.43 Å². The van der Waals surface area contributed by atoms with E-state index in [-0.39, 0.29) is 10.8 Å². The first kappa shape index (κ1) is 13.9. The second kappa shape index (κ2) is 5.20. The highest BCUT2D eigenvalue weighted by Crippen LogP contribution is 2.25. The molecule has 2 heteroatoms. The fourth-order valence-corrected chi connectivity index (χ4v) is 2.15. The number of aryl methyl sites for hydroxylation is 1. The van der Waals surface area contributed by atoms with Gasteiger partial charge in [0.25, 0.3) is 0 Å². The summed E-state index contributed by atoms with van der Waals surface area (Å²) in [5.41, 5.74) is 1.97. The largest absolute Gasteiger partial charge is 0.461 e. The zero-order chi connectivity index (χ0) is 14.0. The molecule has 102 valence electrons. The summed E-state index contributed by atoms with van der Waals surface area (Å²) >= 11 is 0. The Morgan fingerprint density at radius 1 is 1.16 bits per heavy atom. The van der Waals surface area contributed by atoms with Gasteiger partial charge in [-0.15, -0.1) is 0 Å². The Labute approximate surface area is 114 Å². The van der Waals surface area contributed by atoms with Crippen LogP contribution in [0.2, 0.25) is 0 Å². The molecule has 19 heavy (non-hydrogen) atoms. The molecular formula is C17H22O2. The van der Waals surface area contributed by atoms with E-state index in [1.54, 1.807) is 6.07 Å². The summed E-state index contributed by atoms with van der Waals surface area (Å²) in [5.74, 6) is 0.794. The summed E-state index contributed by atoms with van der Waals surface area (Å²) in [7, 11) is 0. The molecule has 0 bridgehead atoms. The number of hydrogen-bond donors (Lipinski definition) is 0. The maximum atomic E-state index is 12.2. The van der Waals surface area contributed by atoms with Crippen molar-refractivity contribution >= 4 is 11.0 Å². The third-order valence-corrected chi connectivity index (χ3v) is 3.42. The molecule has 0 aliphatic carbocycles. The van der Waals surface area contributed by atoms with Crippen LogP contribution in [0.25, 0.3) is 11.0 Å². The Morgan fingerprint density at radius 3 is 2.53 bits per heavy atom. The average Bonchev–Trinajstić information content (AvgIpc) is 2.35. The third kappa shape index (κ3) is 3.06. The highest BCUT2D eigenvalue weighted by molar-refractivity contribution is 5.77. The van der Waals surface area contributed by atoms with E-state index < -0.39 is 0 Å². The van der Waals surface area contributed by atoms with Crippen molar-refractivity contribution in [3.05, 3.63) is 45.8 Å². The lowest BCUT2D eigenvalue weighted by molar-refractivity contribution is 0.523. The van der Waals surface area contributed by atoms with E-state index in [9.17, 15) is 4.79 Å². The van der Waals surface area contributed by atoms with Crippen LogP contribution in [0, 0.1) is 0 Å². The fourth-order valence-electron chi connectivity index (χ4n) is 2.15. The van der Waals surface area contributed by atoms with Crippen LogP contribution in [0.1, 0.15) is 51.9 Å². The van der Waals surface area contributed by atoms with Crippen molar-refractivity contribution in [1.29, 1.82) is 0 Å². The maximum Gasteiger partial charge on any atom is 0.192 e. The van der Waals surface area contributed by atoms with Gasteiger partial charge in [0.2, 0.25) is 0 Å². The first-order chi connectivity index (χ1) is 8.91. The predicted octanol–water partition coefficient (Wildman–Crippen LogP) is 4.43. The number of hydrogen-bond acceptors (Lipinski definition) is 2. The van der Waals surface area contributed by atoms with Gasteiger partial charge in [0.15, 0.2) is 5.43 Å². The lowest BCUT2D eigenvalue weighted by atomic mass is 9.86. The molecule has 2 rings (SSSR count). The van der Waals surface area contributed by atoms with Crippen LogP contribution in [0.4, 0.5) is 0 Å². The standard InChI is InChI=1S/C17H22O2/c1-5-6-7-13-11-15(18)14-10-12(17(2,3)4)8-9-16(14)19-13/h8-11H,5-7H2,1-4H3. The van der Waals surface area contributed by atoms with E-state index in [4.69, 9.17) is 4.42 Å². The Kier molecular flexibility index (Phi) is 3.79. The molecule has 1 aromatic carbocycles. The van der Waals surface area contributed by atoms with Crippen LogP contribution in [-0.4, -0.2) is 0 Å². The van der Waals surface area contributed by atoms with Crippen molar-refractivity contribution in [3.8, 4) is 0 Å². The molecule has 0 saturated heterocycles. The summed E-state index contributed by atoms with van der Waals surface area (Å²) in [5, 5.41) is 0.688. The molecule has 0 spiro atoms. The Bertz CT molecular complexity index is 630. The van der Waals surface area contributed by atoms with Crippen molar-refractivity contribution in [2.75, 3.05) is 0 Å². The van der Waals surface area contributed by atoms with Gasteiger partial charge in [-0.25, -0.2) is 0 Å². The van der Waals surface area contributed by atoms with Gasteiger partial charge in [-0.05, 0) is 29.5 Å². The summed E-state index contributed by atoms with van der Waals surface area (Å²) in [6, 6.07) is 7.58. The van der Waals surface area contributed by atoms with E-state index in [0.29, 0.717) is 11.0 Å². The smallest absolute Gasteiger partial charge is 0.192 e. The van der Waals surface area contributed by atoms with E-state index in [1.165, 1.54) is 0 Å². The van der Waals surface area contributed by atoms with Gasteiger partial charge < -0.3 is 4.42 Å². The van der Waals surface area contributed by atoms with Crippen LogP contribution in [0.5, 0.6) is 0 Å². The van der Waals surface area contributed by atoms with Crippen molar-refractivity contribution in [2.24, 2.45) is 0 Å². The molecule has 1 aromatic heterocycles. The molecule has 2 nitrogen and oxygen atoms in total. The lowest BCUT2D eigenvalue weighted by Gasteiger charge is -2.19. The van der Waals surface area contributed by atoms with Crippen molar-refractivity contribution in [1.82, 2.24) is 0 Å². The van der Waals surface area contributed by atoms with Gasteiger partial charge in [-0.1, -0.05) is 40.2 Å². The van der Waals surface area contributed by atoms with Gasteiger partial charge in [-0.3, -0.25) is 4.79 Å². The zero-order valence-corrected chi connectivity index (χ0v) is 12.2. The topological polar surface area (TPSA) is 30.2 Å². The Balaban J connectivity index is 2.51. The van der Waals surface area contributed by atoms with Gasteiger partial charge in [0.1, 0.15) is 11.3 Å². The molecule has 0 N–H and O–H groups in total. The summed E-state index contributed by atoms with van der Waals surface area (Å²) in [6.45, 7) is 8.57. The van der Waals surface area contributed by atoms with Gasteiger partial charge in [-0.2, -0.15) is 0 Å². The molecule has 0 aliphatic rings. The van der Waals surface area contributed by atoms with Crippen LogP contribution in [0.15, 0.2) is 33.5 Å². The van der Waals surface area contributed by atoms with Crippen molar-refractivity contribution in [3.63, 3.8) is 0 Å². The lowest BCUT2D eigenvalue weighted by Crippen LogP contribution is -2.12. The second-order valence-corrected chi connectivity index (χ2v) is 6.14. The first-order valence-electron chi connectivity index (χ1n) is 6.99. The minimum absolute atomic E-state index is 0.0432. The van der Waals surface area contributed by atoms with Gasteiger partial charge >= 0.3 is 0 Å².